The zero-order valence-corrected chi connectivity index (χ0v) is 11.1. The van der Waals surface area contributed by atoms with E-state index in [9.17, 15) is 8.42 Å². The van der Waals surface area contributed by atoms with Crippen molar-refractivity contribution in [1.29, 1.82) is 0 Å². The van der Waals surface area contributed by atoms with Crippen LogP contribution in [0.3, 0.4) is 0 Å². The molecule has 0 spiro atoms. The maximum atomic E-state index is 12.1. The Hall–Kier alpha value is -2.16. The largest absolute Gasteiger partial charge is 0.381 e. The maximum absolute atomic E-state index is 12.1. The highest BCUT2D eigenvalue weighted by Crippen LogP contribution is 2.19. The first-order valence-electron chi connectivity index (χ1n) is 5.64. The number of aryl methyl sites for hydroxylation is 1. The second-order valence-corrected chi connectivity index (χ2v) is 5.49. The first-order valence-corrected chi connectivity index (χ1v) is 7.13. The van der Waals surface area contributed by atoms with Crippen molar-refractivity contribution < 1.29 is 8.42 Å². The van der Waals surface area contributed by atoms with Crippen LogP contribution in [0.2, 0.25) is 0 Å². The zero-order valence-electron chi connectivity index (χ0n) is 10.3. The number of sulfonamides is 1. The van der Waals surface area contributed by atoms with Crippen molar-refractivity contribution in [1.82, 2.24) is 19.7 Å². The Labute approximate surface area is 110 Å². The molecule has 102 valence electrons. The molecule has 2 aromatic rings. The molecule has 2 rings (SSSR count). The fraction of sp³-hybridized carbons (Fsp3) is 0.300. The summed E-state index contributed by atoms with van der Waals surface area (Å²) in [5.74, 6) is 0.0926. The number of rotatable bonds is 5. The highest BCUT2D eigenvalue weighted by atomic mass is 32.2. The van der Waals surface area contributed by atoms with E-state index in [1.54, 1.807) is 0 Å². The van der Waals surface area contributed by atoms with Gasteiger partial charge in [0.25, 0.3) is 10.0 Å². The van der Waals surface area contributed by atoms with E-state index in [2.05, 4.69) is 19.8 Å². The Morgan fingerprint density at radius 1 is 1.42 bits per heavy atom. The number of nitrogens with two attached hydrogens (primary N) is 1. The summed E-state index contributed by atoms with van der Waals surface area (Å²) in [7, 11) is -3.80. The maximum Gasteiger partial charge on any atom is 0.268 e. The van der Waals surface area contributed by atoms with Gasteiger partial charge < -0.3 is 5.73 Å². The third-order valence-corrected chi connectivity index (χ3v) is 3.67. The lowest BCUT2D eigenvalue weighted by molar-refractivity contribution is 0.595. The van der Waals surface area contributed by atoms with E-state index in [-0.39, 0.29) is 16.5 Å². The first kappa shape index (κ1) is 13.3. The third kappa shape index (κ3) is 2.99. The molecule has 2 heterocycles. The summed E-state index contributed by atoms with van der Waals surface area (Å²) >= 11 is 0. The molecule has 0 aliphatic rings. The van der Waals surface area contributed by atoms with Gasteiger partial charge in [-0.3, -0.25) is 14.4 Å². The molecule has 0 aliphatic heterocycles. The lowest BCUT2D eigenvalue weighted by atomic mass is 10.5. The Morgan fingerprint density at radius 2 is 2.21 bits per heavy atom. The number of nitrogens with zero attached hydrogens (tertiary/aromatic N) is 4. The van der Waals surface area contributed by atoms with E-state index >= 15 is 0 Å². The summed E-state index contributed by atoms with van der Waals surface area (Å²) in [5.41, 5.74) is 5.62. The van der Waals surface area contributed by atoms with Gasteiger partial charge in [-0.05, 0) is 6.42 Å². The predicted molar refractivity (Wildman–Crippen MR) is 69.8 cm³/mol. The van der Waals surface area contributed by atoms with Gasteiger partial charge in [0, 0.05) is 25.1 Å². The summed E-state index contributed by atoms with van der Waals surface area (Å²) in [6.45, 7) is 2.56. The van der Waals surface area contributed by atoms with Crippen LogP contribution in [0.4, 0.5) is 11.6 Å². The first-order chi connectivity index (χ1) is 9.03. The van der Waals surface area contributed by atoms with Gasteiger partial charge in [0.15, 0.2) is 11.6 Å². The van der Waals surface area contributed by atoms with E-state index in [1.807, 2.05) is 6.92 Å². The van der Waals surface area contributed by atoms with Crippen LogP contribution in [0, 0.1) is 0 Å². The quantitative estimate of drug-likeness (QED) is 0.823. The van der Waals surface area contributed by atoms with Crippen LogP contribution in [0.5, 0.6) is 0 Å². The molecular weight excluding hydrogens is 268 g/mol. The number of nitrogens with one attached hydrogen (secondary N) is 1. The lowest BCUT2D eigenvalue weighted by Gasteiger charge is -2.04. The number of nitrogen functional groups attached to an aromatic ring is 1. The van der Waals surface area contributed by atoms with Crippen molar-refractivity contribution >= 4 is 21.7 Å². The summed E-state index contributed by atoms with van der Waals surface area (Å²) < 4.78 is 28.1. The van der Waals surface area contributed by atoms with Gasteiger partial charge >= 0.3 is 0 Å². The van der Waals surface area contributed by atoms with Crippen LogP contribution >= 0.6 is 0 Å². The van der Waals surface area contributed by atoms with Crippen molar-refractivity contribution in [3.63, 3.8) is 0 Å². The number of anilines is 2. The minimum Gasteiger partial charge on any atom is -0.381 e. The lowest BCUT2D eigenvalue weighted by Crippen LogP contribution is -2.14. The van der Waals surface area contributed by atoms with Gasteiger partial charge in [-0.1, -0.05) is 6.92 Å². The molecule has 0 bridgehead atoms. The molecule has 0 saturated carbocycles. The van der Waals surface area contributed by atoms with Crippen LogP contribution in [0.15, 0.2) is 29.7 Å². The molecular formula is C10H14N6O2S. The molecule has 2 aromatic heterocycles. The number of hydrogen-bond acceptors (Lipinski definition) is 6. The van der Waals surface area contributed by atoms with E-state index < -0.39 is 10.0 Å². The van der Waals surface area contributed by atoms with Gasteiger partial charge in [-0.25, -0.2) is 13.4 Å². The van der Waals surface area contributed by atoms with Crippen LogP contribution in [0.1, 0.15) is 13.3 Å². The van der Waals surface area contributed by atoms with Crippen molar-refractivity contribution in [3.05, 3.63) is 24.8 Å². The second-order valence-electron chi connectivity index (χ2n) is 3.84. The fourth-order valence-electron chi connectivity index (χ4n) is 1.51. The van der Waals surface area contributed by atoms with Gasteiger partial charge in [0.05, 0.1) is 6.20 Å². The molecule has 8 nitrogen and oxygen atoms in total. The topological polar surface area (TPSA) is 116 Å². The van der Waals surface area contributed by atoms with Crippen molar-refractivity contribution in [3.8, 4) is 0 Å². The smallest absolute Gasteiger partial charge is 0.268 e. The van der Waals surface area contributed by atoms with E-state index in [0.717, 1.165) is 6.42 Å². The SMILES string of the molecule is CCCn1cc(S(=O)(=O)Nc2cnccn2)c(N)n1. The highest BCUT2D eigenvalue weighted by Gasteiger charge is 2.21. The molecule has 19 heavy (non-hydrogen) atoms. The van der Waals surface area contributed by atoms with Gasteiger partial charge in [-0.2, -0.15) is 5.10 Å². The van der Waals surface area contributed by atoms with Gasteiger partial charge in [0.2, 0.25) is 0 Å². The number of hydrogen-bond donors (Lipinski definition) is 2. The molecule has 0 atom stereocenters. The van der Waals surface area contributed by atoms with E-state index in [4.69, 9.17) is 5.73 Å². The zero-order chi connectivity index (χ0) is 13.9. The Kier molecular flexibility index (Phi) is 3.65. The monoisotopic (exact) mass is 282 g/mol. The molecule has 0 fully saturated rings. The normalized spacial score (nSPS) is 11.4. The van der Waals surface area contributed by atoms with Crippen molar-refractivity contribution in [2.75, 3.05) is 10.5 Å². The molecule has 0 aliphatic carbocycles. The molecule has 0 saturated heterocycles. The average molecular weight is 282 g/mol. The molecule has 9 heteroatoms. The fourth-order valence-corrected chi connectivity index (χ4v) is 2.58. The minimum atomic E-state index is -3.80. The van der Waals surface area contributed by atoms with Crippen LogP contribution in [-0.4, -0.2) is 28.2 Å². The summed E-state index contributed by atoms with van der Waals surface area (Å²) in [5, 5.41) is 3.95. The van der Waals surface area contributed by atoms with Crippen LogP contribution < -0.4 is 10.5 Å². The number of aromatic nitrogens is 4. The predicted octanol–water partition coefficient (Wildman–Crippen LogP) is 0.466. The van der Waals surface area contributed by atoms with Gasteiger partial charge in [0.1, 0.15) is 4.90 Å². The Bertz CT molecular complexity index is 652. The average Bonchev–Trinajstić information content (AvgIpc) is 2.72. The standard InChI is InChI=1S/C10H14N6O2S/c1-2-5-16-7-8(10(11)14-16)19(17,18)15-9-6-12-3-4-13-9/h3-4,6-7H,2,5H2,1H3,(H2,11,14)(H,13,15). The highest BCUT2D eigenvalue weighted by molar-refractivity contribution is 7.92. The molecule has 0 aromatic carbocycles. The van der Waals surface area contributed by atoms with Gasteiger partial charge in [-0.15, -0.1) is 0 Å². The van der Waals surface area contributed by atoms with Crippen LogP contribution in [-0.2, 0) is 16.6 Å². The molecule has 0 amide bonds. The molecule has 0 unspecified atom stereocenters. The van der Waals surface area contributed by atoms with Crippen molar-refractivity contribution in [2.24, 2.45) is 0 Å². The second kappa shape index (κ2) is 5.22. The summed E-state index contributed by atoms with van der Waals surface area (Å²) in [4.78, 5) is 7.56. The third-order valence-electron chi connectivity index (χ3n) is 2.30. The molecule has 3 N–H and O–H groups in total. The Balaban J connectivity index is 2.29. The Morgan fingerprint density at radius 3 is 2.84 bits per heavy atom. The van der Waals surface area contributed by atoms with E-state index in [1.165, 1.54) is 29.5 Å². The van der Waals surface area contributed by atoms with E-state index in [0.29, 0.717) is 6.54 Å². The summed E-state index contributed by atoms with van der Waals surface area (Å²) in [6.07, 6.45) is 6.38. The van der Waals surface area contributed by atoms with Crippen molar-refractivity contribution in [2.45, 2.75) is 24.8 Å². The molecule has 0 radical (unpaired) electrons. The summed E-state index contributed by atoms with van der Waals surface area (Å²) in [6, 6.07) is 0. The van der Waals surface area contributed by atoms with Crippen LogP contribution in [0.25, 0.3) is 0 Å². The minimum absolute atomic E-state index is 0.0372.